The summed E-state index contributed by atoms with van der Waals surface area (Å²) in [5.41, 5.74) is 3.84. The summed E-state index contributed by atoms with van der Waals surface area (Å²) in [5.74, 6) is 0.883. The monoisotopic (exact) mass is 462 g/mol. The summed E-state index contributed by atoms with van der Waals surface area (Å²) >= 11 is 7.84. The molecule has 0 N–H and O–H groups in total. The molecule has 2 aromatic carbocycles. The summed E-state index contributed by atoms with van der Waals surface area (Å²) in [6.07, 6.45) is 4.06. The lowest BCUT2D eigenvalue weighted by Crippen LogP contribution is -2.48. The van der Waals surface area contributed by atoms with E-state index in [1.54, 1.807) is 11.8 Å². The van der Waals surface area contributed by atoms with Gasteiger partial charge in [-0.2, -0.15) is 0 Å². The normalized spacial score (nSPS) is 14.2. The minimum Gasteiger partial charge on any atom is -0.368 e. The molecule has 0 saturated carbocycles. The number of fused-ring (bicyclic) bond motifs is 1. The van der Waals surface area contributed by atoms with Crippen molar-refractivity contribution < 1.29 is 4.79 Å². The molecule has 1 aliphatic rings. The van der Waals surface area contributed by atoms with Crippen LogP contribution in [0.2, 0.25) is 5.02 Å². The standard InChI is InChI=1S/C25H23ClN4OS/c26-20-4-3-5-22(16-20)28-12-14-29(15-13-28)25(31)19-7-9-23(10-8-19)32-18-21-17-30-11-2-1-6-24(30)27-21/h1-11,16-17H,12-15,18H2. The fourth-order valence-corrected chi connectivity index (χ4v) is 4.90. The number of hydrogen-bond donors (Lipinski definition) is 0. The number of pyridine rings is 1. The summed E-state index contributed by atoms with van der Waals surface area (Å²) in [6.45, 7) is 3.02. The van der Waals surface area contributed by atoms with Crippen LogP contribution in [0.5, 0.6) is 0 Å². The molecule has 0 radical (unpaired) electrons. The van der Waals surface area contributed by atoms with Crippen molar-refractivity contribution in [3.8, 4) is 0 Å². The Hall–Kier alpha value is -2.96. The number of anilines is 1. The molecule has 2 aromatic heterocycles. The number of benzene rings is 2. The number of nitrogens with zero attached hydrogens (tertiary/aromatic N) is 4. The molecule has 162 valence electrons. The summed E-state index contributed by atoms with van der Waals surface area (Å²) < 4.78 is 2.03. The van der Waals surface area contributed by atoms with Gasteiger partial charge in [-0.3, -0.25) is 4.79 Å². The van der Waals surface area contributed by atoms with Crippen molar-refractivity contribution in [1.29, 1.82) is 0 Å². The van der Waals surface area contributed by atoms with Gasteiger partial charge in [-0.05, 0) is 54.6 Å². The van der Waals surface area contributed by atoms with Gasteiger partial charge in [0.1, 0.15) is 5.65 Å². The van der Waals surface area contributed by atoms with Gasteiger partial charge in [0.2, 0.25) is 0 Å². The molecular formula is C25H23ClN4OS. The molecule has 1 fully saturated rings. The summed E-state index contributed by atoms with van der Waals surface area (Å²) in [6, 6.07) is 21.8. The molecule has 0 bridgehead atoms. The van der Waals surface area contributed by atoms with Crippen LogP contribution in [0.3, 0.4) is 0 Å². The minimum absolute atomic E-state index is 0.0904. The summed E-state index contributed by atoms with van der Waals surface area (Å²) in [7, 11) is 0. The smallest absolute Gasteiger partial charge is 0.253 e. The van der Waals surface area contributed by atoms with Crippen LogP contribution in [0.1, 0.15) is 16.1 Å². The van der Waals surface area contributed by atoms with Crippen LogP contribution in [0.4, 0.5) is 5.69 Å². The molecule has 3 heterocycles. The Kier molecular flexibility index (Phi) is 6.06. The molecule has 0 aliphatic carbocycles. The van der Waals surface area contributed by atoms with E-state index in [0.717, 1.165) is 51.4 Å². The molecule has 1 amide bonds. The van der Waals surface area contributed by atoms with Gasteiger partial charge in [-0.25, -0.2) is 4.98 Å². The Morgan fingerprint density at radius 2 is 1.78 bits per heavy atom. The predicted octanol–water partition coefficient (Wildman–Crippen LogP) is 5.24. The van der Waals surface area contributed by atoms with E-state index in [1.807, 2.05) is 76.2 Å². The number of hydrogen-bond acceptors (Lipinski definition) is 4. The number of carbonyl (C=O) groups excluding carboxylic acids is 1. The number of imidazole rings is 1. The third kappa shape index (κ3) is 4.61. The van der Waals surface area contributed by atoms with E-state index in [-0.39, 0.29) is 5.91 Å². The highest BCUT2D eigenvalue weighted by Gasteiger charge is 2.22. The molecule has 0 unspecified atom stereocenters. The van der Waals surface area contributed by atoms with Crippen LogP contribution in [0.25, 0.3) is 5.65 Å². The van der Waals surface area contributed by atoms with Crippen LogP contribution < -0.4 is 4.90 Å². The first-order valence-electron chi connectivity index (χ1n) is 10.6. The molecule has 4 aromatic rings. The Morgan fingerprint density at radius 1 is 0.969 bits per heavy atom. The number of rotatable bonds is 5. The third-order valence-electron chi connectivity index (χ3n) is 5.64. The van der Waals surface area contributed by atoms with E-state index < -0.39 is 0 Å². The average molecular weight is 463 g/mol. The van der Waals surface area contributed by atoms with Gasteiger partial charge in [-0.15, -0.1) is 11.8 Å². The molecule has 0 atom stereocenters. The molecule has 1 saturated heterocycles. The first-order valence-corrected chi connectivity index (χ1v) is 12.0. The van der Waals surface area contributed by atoms with Crippen molar-refractivity contribution in [1.82, 2.24) is 14.3 Å². The maximum absolute atomic E-state index is 13.0. The van der Waals surface area contributed by atoms with Gasteiger partial charge in [0.05, 0.1) is 5.69 Å². The number of thioether (sulfide) groups is 1. The average Bonchev–Trinajstić information content (AvgIpc) is 3.26. The maximum Gasteiger partial charge on any atom is 0.253 e. The first-order chi connectivity index (χ1) is 15.7. The molecule has 0 spiro atoms. The zero-order chi connectivity index (χ0) is 21.9. The topological polar surface area (TPSA) is 40.9 Å². The number of amides is 1. The lowest BCUT2D eigenvalue weighted by molar-refractivity contribution is 0.0746. The Balaban J connectivity index is 1.16. The van der Waals surface area contributed by atoms with E-state index in [9.17, 15) is 4.79 Å². The van der Waals surface area contributed by atoms with Crippen LogP contribution >= 0.6 is 23.4 Å². The highest BCUT2D eigenvalue weighted by atomic mass is 35.5. The fraction of sp³-hybridized carbons (Fsp3) is 0.200. The predicted molar refractivity (Wildman–Crippen MR) is 131 cm³/mol. The first kappa shape index (κ1) is 20.9. The lowest BCUT2D eigenvalue weighted by atomic mass is 10.1. The SMILES string of the molecule is O=C(c1ccc(SCc2cn3ccccc3n2)cc1)N1CCN(c2cccc(Cl)c2)CC1. The van der Waals surface area contributed by atoms with Crippen LogP contribution in [0.15, 0.2) is 84.0 Å². The van der Waals surface area contributed by atoms with Crippen LogP contribution in [-0.4, -0.2) is 46.4 Å². The van der Waals surface area contributed by atoms with Gasteiger partial charge >= 0.3 is 0 Å². The highest BCUT2D eigenvalue weighted by molar-refractivity contribution is 7.98. The van der Waals surface area contributed by atoms with E-state index in [4.69, 9.17) is 11.6 Å². The van der Waals surface area contributed by atoms with Crippen molar-refractivity contribution >= 4 is 40.6 Å². The molecule has 1 aliphatic heterocycles. The van der Waals surface area contributed by atoms with E-state index in [0.29, 0.717) is 13.1 Å². The van der Waals surface area contributed by atoms with Crippen molar-refractivity contribution in [2.75, 3.05) is 31.1 Å². The largest absolute Gasteiger partial charge is 0.368 e. The van der Waals surface area contributed by atoms with E-state index in [2.05, 4.69) is 22.1 Å². The number of piperazine rings is 1. The molecule has 32 heavy (non-hydrogen) atoms. The second kappa shape index (κ2) is 9.27. The maximum atomic E-state index is 13.0. The van der Waals surface area contributed by atoms with Crippen molar-refractivity contribution in [2.24, 2.45) is 0 Å². The molecule has 7 heteroatoms. The van der Waals surface area contributed by atoms with Crippen LogP contribution in [0, 0.1) is 0 Å². The number of carbonyl (C=O) groups is 1. The molecule has 5 nitrogen and oxygen atoms in total. The third-order valence-corrected chi connectivity index (χ3v) is 6.92. The lowest BCUT2D eigenvalue weighted by Gasteiger charge is -2.36. The van der Waals surface area contributed by atoms with E-state index in [1.165, 1.54) is 0 Å². The quantitative estimate of drug-likeness (QED) is 0.380. The van der Waals surface area contributed by atoms with Crippen molar-refractivity contribution in [3.63, 3.8) is 0 Å². The van der Waals surface area contributed by atoms with Crippen molar-refractivity contribution in [3.05, 3.63) is 95.4 Å². The summed E-state index contributed by atoms with van der Waals surface area (Å²) in [4.78, 5) is 22.9. The number of aromatic nitrogens is 2. The molecule has 5 rings (SSSR count). The molecular weight excluding hydrogens is 440 g/mol. The zero-order valence-corrected chi connectivity index (χ0v) is 19.1. The van der Waals surface area contributed by atoms with Gasteiger partial charge in [-0.1, -0.05) is 23.7 Å². The highest BCUT2D eigenvalue weighted by Crippen LogP contribution is 2.24. The van der Waals surface area contributed by atoms with Gasteiger partial charge in [0, 0.05) is 65.5 Å². The Morgan fingerprint density at radius 3 is 2.53 bits per heavy atom. The van der Waals surface area contributed by atoms with Gasteiger partial charge < -0.3 is 14.2 Å². The number of halogens is 1. The zero-order valence-electron chi connectivity index (χ0n) is 17.5. The van der Waals surface area contributed by atoms with Gasteiger partial charge in [0.15, 0.2) is 0 Å². The Labute approximate surface area is 196 Å². The minimum atomic E-state index is 0.0904. The Bertz CT molecular complexity index is 1200. The second-order valence-corrected chi connectivity index (χ2v) is 9.26. The van der Waals surface area contributed by atoms with Gasteiger partial charge in [0.25, 0.3) is 5.91 Å². The van der Waals surface area contributed by atoms with Crippen LogP contribution in [-0.2, 0) is 5.75 Å². The fourth-order valence-electron chi connectivity index (χ4n) is 3.93. The second-order valence-electron chi connectivity index (χ2n) is 7.77. The summed E-state index contributed by atoms with van der Waals surface area (Å²) in [5, 5.41) is 0.736. The van der Waals surface area contributed by atoms with Crippen molar-refractivity contribution in [2.45, 2.75) is 10.6 Å². The van der Waals surface area contributed by atoms with E-state index >= 15 is 0 Å².